The fourth-order valence-electron chi connectivity index (χ4n) is 3.28. The molecule has 2 rings (SSSR count). The van der Waals surface area contributed by atoms with E-state index in [9.17, 15) is 9.59 Å². The summed E-state index contributed by atoms with van der Waals surface area (Å²) in [5, 5.41) is 10.5. The number of nitrogens with zero attached hydrogens (tertiary/aromatic N) is 2. The zero-order valence-corrected chi connectivity index (χ0v) is 15.9. The minimum Gasteiger partial charge on any atom is -0.357 e. The van der Waals surface area contributed by atoms with Crippen molar-refractivity contribution >= 4 is 29.5 Å². The maximum absolute atomic E-state index is 12.4. The average Bonchev–Trinajstić information content (AvgIpc) is 3.16. The lowest BCUT2D eigenvalue weighted by Crippen LogP contribution is -2.56. The first-order valence-corrected chi connectivity index (χ1v) is 9.26. The first-order valence-electron chi connectivity index (χ1n) is 8.89. The minimum atomic E-state index is -0.791. The maximum Gasteiger partial charge on any atom is 0.245 e. The number of aromatic nitrogens is 2. The van der Waals surface area contributed by atoms with E-state index in [-0.39, 0.29) is 11.8 Å². The fraction of sp³-hybridized carbons (Fsp3) is 0.611. The molecular weight excluding hydrogens is 340 g/mol. The highest BCUT2D eigenvalue weighted by molar-refractivity contribution is 6.31. The second-order valence-electron chi connectivity index (χ2n) is 6.56. The molecule has 6 nitrogen and oxygen atoms in total. The first kappa shape index (κ1) is 19.5. The zero-order valence-electron chi connectivity index (χ0n) is 15.2. The van der Waals surface area contributed by atoms with Gasteiger partial charge in [-0.1, -0.05) is 37.8 Å². The van der Waals surface area contributed by atoms with Crippen molar-refractivity contribution in [1.29, 1.82) is 0 Å². The summed E-state index contributed by atoms with van der Waals surface area (Å²) in [5.41, 5.74) is 0.737. The molecule has 25 heavy (non-hydrogen) atoms. The van der Waals surface area contributed by atoms with Gasteiger partial charge in [-0.15, -0.1) is 0 Å². The fourth-order valence-corrected chi connectivity index (χ4v) is 3.60. The predicted molar refractivity (Wildman–Crippen MR) is 99.3 cm³/mol. The lowest BCUT2D eigenvalue weighted by Gasteiger charge is -2.27. The molecule has 1 fully saturated rings. The highest BCUT2D eigenvalue weighted by atomic mass is 35.5. The third-order valence-corrected chi connectivity index (χ3v) is 5.11. The summed E-state index contributed by atoms with van der Waals surface area (Å²) in [6.07, 6.45) is 8.38. The molecule has 138 valence electrons. The maximum atomic E-state index is 12.4. The lowest BCUT2D eigenvalue weighted by atomic mass is 9.96. The number of aryl methyl sites for hydroxylation is 2. The number of hydrogen-bond acceptors (Lipinski definition) is 3. The zero-order chi connectivity index (χ0) is 18.4. The Morgan fingerprint density at radius 1 is 1.36 bits per heavy atom. The monoisotopic (exact) mass is 366 g/mol. The molecular formula is C18H27ClN4O2. The number of hydrogen-bond donors (Lipinski definition) is 2. The van der Waals surface area contributed by atoms with E-state index in [1.54, 1.807) is 17.8 Å². The number of carbonyl (C=O) groups is 2. The van der Waals surface area contributed by atoms with Crippen molar-refractivity contribution in [2.24, 2.45) is 0 Å². The Morgan fingerprint density at radius 2 is 2.04 bits per heavy atom. The molecule has 0 aromatic carbocycles. The Bertz CT molecular complexity index is 660. The average molecular weight is 367 g/mol. The van der Waals surface area contributed by atoms with Crippen molar-refractivity contribution < 1.29 is 9.59 Å². The van der Waals surface area contributed by atoms with Crippen LogP contribution >= 0.6 is 11.6 Å². The second kappa shape index (κ2) is 8.52. The van der Waals surface area contributed by atoms with Crippen molar-refractivity contribution in [2.45, 2.75) is 64.5 Å². The molecule has 0 radical (unpaired) electrons. The molecule has 1 aliphatic rings. The van der Waals surface area contributed by atoms with Gasteiger partial charge in [-0.2, -0.15) is 5.10 Å². The van der Waals surface area contributed by atoms with Gasteiger partial charge >= 0.3 is 0 Å². The van der Waals surface area contributed by atoms with Crippen LogP contribution in [0.1, 0.15) is 56.7 Å². The van der Waals surface area contributed by atoms with Gasteiger partial charge in [0.1, 0.15) is 10.7 Å². The molecule has 0 saturated heterocycles. The molecule has 7 heteroatoms. The van der Waals surface area contributed by atoms with E-state index in [2.05, 4.69) is 22.7 Å². The number of carbonyl (C=O) groups excluding carboxylic acids is 2. The highest BCUT2D eigenvalue weighted by Gasteiger charge is 2.41. The Labute approximate surface area is 154 Å². The van der Waals surface area contributed by atoms with Crippen molar-refractivity contribution in [3.05, 3.63) is 22.5 Å². The summed E-state index contributed by atoms with van der Waals surface area (Å²) in [6, 6.07) is 0. The summed E-state index contributed by atoms with van der Waals surface area (Å²) in [4.78, 5) is 24.5. The molecule has 0 atom stereocenters. The van der Waals surface area contributed by atoms with Gasteiger partial charge in [0, 0.05) is 25.2 Å². The Balaban J connectivity index is 2.10. The number of likely N-dealkylation sites (N-methyl/N-ethyl adjacent to an activating group) is 1. The van der Waals surface area contributed by atoms with E-state index in [4.69, 9.17) is 11.6 Å². The van der Waals surface area contributed by atoms with Gasteiger partial charge in [-0.25, -0.2) is 0 Å². The van der Waals surface area contributed by atoms with Crippen molar-refractivity contribution in [1.82, 2.24) is 20.4 Å². The molecule has 1 aromatic rings. The Kier molecular flexibility index (Phi) is 6.64. The number of amides is 2. The van der Waals surface area contributed by atoms with Crippen molar-refractivity contribution in [3.8, 4) is 0 Å². The molecule has 0 spiro atoms. The molecule has 0 bridgehead atoms. The van der Waals surface area contributed by atoms with Gasteiger partial charge in [-0.05, 0) is 32.3 Å². The van der Waals surface area contributed by atoms with Crippen LogP contribution in [0, 0.1) is 6.92 Å². The minimum absolute atomic E-state index is 0.131. The summed E-state index contributed by atoms with van der Waals surface area (Å²) < 4.78 is 1.76. The third-order valence-electron chi connectivity index (χ3n) is 4.72. The predicted octanol–water partition coefficient (Wildman–Crippen LogP) is 2.83. The van der Waals surface area contributed by atoms with Crippen LogP contribution in [0.5, 0.6) is 0 Å². The summed E-state index contributed by atoms with van der Waals surface area (Å²) in [6.45, 7) is 4.74. The van der Waals surface area contributed by atoms with E-state index in [1.807, 2.05) is 6.92 Å². The number of nitrogens with one attached hydrogen (secondary N) is 2. The Hall–Kier alpha value is -1.82. The van der Waals surface area contributed by atoms with E-state index in [0.717, 1.165) is 43.5 Å². The van der Waals surface area contributed by atoms with Gasteiger partial charge < -0.3 is 10.6 Å². The number of unbranched alkanes of at least 4 members (excludes halogenated alkanes) is 1. The highest BCUT2D eigenvalue weighted by Crippen LogP contribution is 2.30. The summed E-state index contributed by atoms with van der Waals surface area (Å²) in [7, 11) is 1.60. The second-order valence-corrected chi connectivity index (χ2v) is 6.92. The summed E-state index contributed by atoms with van der Waals surface area (Å²) in [5.74, 6) is -0.421. The molecule has 1 heterocycles. The van der Waals surface area contributed by atoms with E-state index in [0.29, 0.717) is 18.0 Å². The SMILES string of the molecule is CCCCn1nc(C)c(C=CC(=O)NC2(C(=O)NC)CCCC2)c1Cl. The molecule has 1 aromatic heterocycles. The largest absolute Gasteiger partial charge is 0.357 e. The molecule has 1 saturated carbocycles. The van der Waals surface area contributed by atoms with E-state index >= 15 is 0 Å². The number of rotatable bonds is 7. The molecule has 1 aliphatic carbocycles. The van der Waals surface area contributed by atoms with Gasteiger partial charge in [0.05, 0.1) is 5.69 Å². The van der Waals surface area contributed by atoms with E-state index in [1.165, 1.54) is 6.08 Å². The quantitative estimate of drug-likeness (QED) is 0.728. The van der Waals surface area contributed by atoms with Crippen LogP contribution in [-0.4, -0.2) is 34.2 Å². The van der Waals surface area contributed by atoms with Crippen LogP contribution in [0.15, 0.2) is 6.08 Å². The Morgan fingerprint density at radius 3 is 2.64 bits per heavy atom. The topological polar surface area (TPSA) is 76.0 Å². The van der Waals surface area contributed by atoms with Crippen molar-refractivity contribution in [2.75, 3.05) is 7.05 Å². The van der Waals surface area contributed by atoms with Gasteiger partial charge in [0.15, 0.2) is 0 Å². The number of halogens is 1. The van der Waals surface area contributed by atoms with Crippen LogP contribution in [0.3, 0.4) is 0 Å². The van der Waals surface area contributed by atoms with Crippen LogP contribution < -0.4 is 10.6 Å². The smallest absolute Gasteiger partial charge is 0.245 e. The molecule has 2 amide bonds. The van der Waals surface area contributed by atoms with Crippen molar-refractivity contribution in [3.63, 3.8) is 0 Å². The normalized spacial score (nSPS) is 16.3. The lowest BCUT2D eigenvalue weighted by molar-refractivity contribution is -0.131. The van der Waals surface area contributed by atoms with Crippen LogP contribution in [-0.2, 0) is 16.1 Å². The van der Waals surface area contributed by atoms with Crippen LogP contribution in [0.25, 0.3) is 6.08 Å². The summed E-state index contributed by atoms with van der Waals surface area (Å²) >= 11 is 6.37. The molecule has 0 aliphatic heterocycles. The van der Waals surface area contributed by atoms with E-state index < -0.39 is 5.54 Å². The molecule has 2 N–H and O–H groups in total. The van der Waals surface area contributed by atoms with Gasteiger partial charge in [-0.3, -0.25) is 14.3 Å². The standard InChI is InChI=1S/C18H27ClN4O2/c1-4-5-12-23-16(19)14(13(2)22-23)8-9-15(24)21-18(17(25)20-3)10-6-7-11-18/h8-9H,4-7,10-12H2,1-3H3,(H,20,25)(H,21,24). The molecule has 0 unspecified atom stereocenters. The third kappa shape index (κ3) is 4.42. The first-order chi connectivity index (χ1) is 11.9. The van der Waals surface area contributed by atoms with Crippen LogP contribution in [0.4, 0.5) is 0 Å². The van der Waals surface area contributed by atoms with Gasteiger partial charge in [0.25, 0.3) is 0 Å². The van der Waals surface area contributed by atoms with Crippen LogP contribution in [0.2, 0.25) is 5.15 Å². The van der Waals surface area contributed by atoms with Gasteiger partial charge in [0.2, 0.25) is 11.8 Å².